The van der Waals surface area contributed by atoms with Crippen LogP contribution in [0.25, 0.3) is 22.6 Å². The lowest BCUT2D eigenvalue weighted by atomic mass is 10.1. The topological polar surface area (TPSA) is 108 Å². The summed E-state index contributed by atoms with van der Waals surface area (Å²) in [6.07, 6.45) is 2.25. The second kappa shape index (κ2) is 10.0. The van der Waals surface area contributed by atoms with Crippen LogP contribution in [0.5, 0.6) is 0 Å². The van der Waals surface area contributed by atoms with Crippen LogP contribution < -0.4 is 16.0 Å². The zero-order chi connectivity index (χ0) is 24.0. The van der Waals surface area contributed by atoms with E-state index in [1.807, 2.05) is 54.6 Å². The number of rotatable bonds is 7. The average Bonchev–Trinajstić information content (AvgIpc) is 3.31. The first kappa shape index (κ1) is 22.0. The fraction of sp³-hybridized carbons (Fsp3) is 0.0769. The van der Waals surface area contributed by atoms with E-state index in [-0.39, 0.29) is 0 Å². The number of nitrogens with one attached hydrogen (secondary N) is 4. The SMILES string of the molecule is O=C(Nc1ccc(CCNc2ncnc3nc(-c4ccccc4)[nH]c23)cc1)Nc1cccc(F)c1. The Kier molecular flexibility index (Phi) is 6.29. The van der Waals surface area contributed by atoms with Gasteiger partial charge in [0.25, 0.3) is 0 Å². The van der Waals surface area contributed by atoms with Crippen LogP contribution in [0.15, 0.2) is 85.2 Å². The summed E-state index contributed by atoms with van der Waals surface area (Å²) in [4.78, 5) is 28.6. The van der Waals surface area contributed by atoms with Gasteiger partial charge in [0, 0.05) is 23.5 Å². The van der Waals surface area contributed by atoms with Crippen LogP contribution in [0.2, 0.25) is 0 Å². The largest absolute Gasteiger partial charge is 0.368 e. The van der Waals surface area contributed by atoms with Crippen LogP contribution in [-0.2, 0) is 6.42 Å². The minimum absolute atomic E-state index is 0.386. The number of nitrogens with zero attached hydrogens (tertiary/aromatic N) is 3. The van der Waals surface area contributed by atoms with Crippen molar-refractivity contribution >= 4 is 34.4 Å². The number of benzene rings is 3. The number of urea groups is 1. The van der Waals surface area contributed by atoms with Crippen LogP contribution in [0.1, 0.15) is 5.56 Å². The second-order valence-electron chi connectivity index (χ2n) is 7.84. The first-order chi connectivity index (χ1) is 17.1. The van der Waals surface area contributed by atoms with Gasteiger partial charge in [0.2, 0.25) is 0 Å². The summed E-state index contributed by atoms with van der Waals surface area (Å²) in [6.45, 7) is 0.651. The number of carbonyl (C=O) groups excluding carboxylic acids is 1. The minimum Gasteiger partial charge on any atom is -0.368 e. The maximum absolute atomic E-state index is 13.3. The molecular weight excluding hydrogens is 445 g/mol. The zero-order valence-corrected chi connectivity index (χ0v) is 18.6. The number of hydrogen-bond acceptors (Lipinski definition) is 5. The van der Waals surface area contributed by atoms with E-state index >= 15 is 0 Å². The number of amides is 2. The molecule has 0 aliphatic carbocycles. The van der Waals surface area contributed by atoms with Gasteiger partial charge in [0.1, 0.15) is 23.5 Å². The van der Waals surface area contributed by atoms with E-state index in [9.17, 15) is 9.18 Å². The van der Waals surface area contributed by atoms with E-state index in [1.165, 1.54) is 24.5 Å². The predicted octanol–water partition coefficient (Wildman–Crippen LogP) is 5.46. The Bertz CT molecular complexity index is 1450. The van der Waals surface area contributed by atoms with Crippen molar-refractivity contribution in [1.82, 2.24) is 19.9 Å². The molecule has 174 valence electrons. The fourth-order valence-electron chi connectivity index (χ4n) is 3.63. The van der Waals surface area contributed by atoms with Crippen LogP contribution in [0.3, 0.4) is 0 Å². The van der Waals surface area contributed by atoms with E-state index in [2.05, 4.69) is 35.9 Å². The van der Waals surface area contributed by atoms with Crippen molar-refractivity contribution in [2.24, 2.45) is 0 Å². The van der Waals surface area contributed by atoms with E-state index in [0.29, 0.717) is 29.4 Å². The molecule has 0 aliphatic heterocycles. The first-order valence-corrected chi connectivity index (χ1v) is 11.1. The lowest BCUT2D eigenvalue weighted by molar-refractivity contribution is 0.262. The Labute approximate surface area is 200 Å². The molecule has 0 fully saturated rings. The normalized spacial score (nSPS) is 10.8. The molecule has 35 heavy (non-hydrogen) atoms. The van der Waals surface area contributed by atoms with Gasteiger partial charge >= 0.3 is 6.03 Å². The highest BCUT2D eigenvalue weighted by Gasteiger charge is 2.11. The summed E-state index contributed by atoms with van der Waals surface area (Å²) in [6, 6.07) is 22.7. The molecule has 2 aromatic heterocycles. The van der Waals surface area contributed by atoms with Gasteiger partial charge in [-0.05, 0) is 42.3 Å². The molecule has 0 aliphatic rings. The van der Waals surface area contributed by atoms with Gasteiger partial charge in [-0.1, -0.05) is 48.5 Å². The second-order valence-corrected chi connectivity index (χ2v) is 7.84. The quantitative estimate of drug-likeness (QED) is 0.254. The summed E-state index contributed by atoms with van der Waals surface area (Å²) in [5.74, 6) is 1.03. The average molecular weight is 468 g/mol. The Morgan fingerprint density at radius 2 is 1.69 bits per heavy atom. The molecule has 0 atom stereocenters. The summed E-state index contributed by atoms with van der Waals surface area (Å²) in [7, 11) is 0. The summed E-state index contributed by atoms with van der Waals surface area (Å²) >= 11 is 0. The maximum atomic E-state index is 13.3. The number of anilines is 3. The molecule has 4 N–H and O–H groups in total. The molecule has 0 unspecified atom stereocenters. The number of aromatic nitrogens is 4. The van der Waals surface area contributed by atoms with Crippen molar-refractivity contribution in [3.8, 4) is 11.4 Å². The Hall–Kier alpha value is -4.79. The van der Waals surface area contributed by atoms with Crippen molar-refractivity contribution in [3.63, 3.8) is 0 Å². The van der Waals surface area contributed by atoms with Crippen LogP contribution in [-0.4, -0.2) is 32.5 Å². The van der Waals surface area contributed by atoms with Gasteiger partial charge in [0.15, 0.2) is 11.5 Å². The van der Waals surface area contributed by atoms with E-state index < -0.39 is 11.8 Å². The van der Waals surface area contributed by atoms with E-state index in [0.717, 1.165) is 28.9 Å². The zero-order valence-electron chi connectivity index (χ0n) is 18.6. The van der Waals surface area contributed by atoms with Crippen LogP contribution in [0.4, 0.5) is 26.4 Å². The number of H-pyrrole nitrogens is 1. The number of halogens is 1. The third-order valence-electron chi connectivity index (χ3n) is 5.34. The molecule has 8 nitrogen and oxygen atoms in total. The summed E-state index contributed by atoms with van der Waals surface area (Å²) < 4.78 is 13.3. The third kappa shape index (κ3) is 5.41. The van der Waals surface area contributed by atoms with Crippen LogP contribution >= 0.6 is 0 Å². The first-order valence-electron chi connectivity index (χ1n) is 11.1. The fourth-order valence-corrected chi connectivity index (χ4v) is 3.63. The number of imidazole rings is 1. The van der Waals surface area contributed by atoms with Crippen molar-refractivity contribution in [2.45, 2.75) is 6.42 Å². The smallest absolute Gasteiger partial charge is 0.323 e. The highest BCUT2D eigenvalue weighted by atomic mass is 19.1. The van der Waals surface area contributed by atoms with Gasteiger partial charge in [-0.3, -0.25) is 0 Å². The van der Waals surface area contributed by atoms with Gasteiger partial charge in [0.05, 0.1) is 0 Å². The lowest BCUT2D eigenvalue weighted by Crippen LogP contribution is -2.19. The highest BCUT2D eigenvalue weighted by Crippen LogP contribution is 2.22. The molecular formula is C26H22FN7O. The van der Waals surface area contributed by atoms with Crippen molar-refractivity contribution < 1.29 is 9.18 Å². The molecule has 0 saturated carbocycles. The predicted molar refractivity (Wildman–Crippen MR) is 135 cm³/mol. The van der Waals surface area contributed by atoms with Crippen molar-refractivity contribution in [3.05, 3.63) is 96.6 Å². The number of fused-ring (bicyclic) bond motifs is 1. The van der Waals surface area contributed by atoms with E-state index in [4.69, 9.17) is 0 Å². The van der Waals surface area contributed by atoms with Gasteiger partial charge in [-0.25, -0.2) is 24.1 Å². The van der Waals surface area contributed by atoms with E-state index in [1.54, 1.807) is 6.07 Å². The molecule has 5 aromatic rings. The molecule has 0 spiro atoms. The van der Waals surface area contributed by atoms with Gasteiger partial charge < -0.3 is 20.9 Å². The lowest BCUT2D eigenvalue weighted by Gasteiger charge is -2.09. The standard InChI is InChI=1S/C26H22FN7O/c27-19-7-4-8-21(15-19)32-26(35)31-20-11-9-17(10-12-20)13-14-28-24-22-25(30-16-29-24)34-23(33-22)18-5-2-1-3-6-18/h1-12,15-16H,13-14H2,(H2,31,32,35)(H2,28,29,30,33,34). The molecule has 2 heterocycles. The molecule has 0 saturated heterocycles. The number of carbonyl (C=O) groups is 1. The summed E-state index contributed by atoms with van der Waals surface area (Å²) in [5, 5.41) is 8.69. The van der Waals surface area contributed by atoms with Crippen molar-refractivity contribution in [1.29, 1.82) is 0 Å². The molecule has 0 radical (unpaired) electrons. The highest BCUT2D eigenvalue weighted by molar-refractivity contribution is 5.99. The number of hydrogen-bond donors (Lipinski definition) is 4. The maximum Gasteiger partial charge on any atom is 0.323 e. The van der Waals surface area contributed by atoms with Crippen molar-refractivity contribution in [2.75, 3.05) is 22.5 Å². The van der Waals surface area contributed by atoms with Gasteiger partial charge in [-0.2, -0.15) is 0 Å². The third-order valence-corrected chi connectivity index (χ3v) is 5.34. The Balaban J connectivity index is 1.17. The summed E-state index contributed by atoms with van der Waals surface area (Å²) in [5.41, 5.74) is 4.46. The van der Waals surface area contributed by atoms with Crippen LogP contribution in [0, 0.1) is 5.82 Å². The number of aromatic amines is 1. The minimum atomic E-state index is -0.438. The monoisotopic (exact) mass is 467 g/mol. The Morgan fingerprint density at radius 3 is 2.49 bits per heavy atom. The van der Waals surface area contributed by atoms with Gasteiger partial charge in [-0.15, -0.1) is 0 Å². The molecule has 3 aromatic carbocycles. The molecule has 5 rings (SSSR count). The molecule has 0 bridgehead atoms. The molecule has 2 amide bonds. The Morgan fingerprint density at radius 1 is 0.886 bits per heavy atom. The molecule has 9 heteroatoms.